The second-order valence-corrected chi connectivity index (χ2v) is 5.93. The molecule has 0 saturated carbocycles. The van der Waals surface area contributed by atoms with Crippen LogP contribution in [0, 0.1) is 0 Å². The molecule has 2 aromatic rings. The summed E-state index contributed by atoms with van der Waals surface area (Å²) >= 11 is 0. The van der Waals surface area contributed by atoms with Gasteiger partial charge in [-0.3, -0.25) is 0 Å². The number of ether oxygens (including phenoxy) is 1. The Balaban J connectivity index is 1.96. The smallest absolute Gasteiger partial charge is 0.338 e. The first-order chi connectivity index (χ1) is 11.3. The van der Waals surface area contributed by atoms with Crippen molar-refractivity contribution in [3.8, 4) is 0 Å². The van der Waals surface area contributed by atoms with Crippen LogP contribution in [0.5, 0.6) is 0 Å². The van der Waals surface area contributed by atoms with Gasteiger partial charge < -0.3 is 4.74 Å². The number of esters is 1. The van der Waals surface area contributed by atoms with Crippen molar-refractivity contribution in [1.29, 1.82) is 0 Å². The Kier molecular flexibility index (Phi) is 7.38. The van der Waals surface area contributed by atoms with Crippen LogP contribution in [0.25, 0.3) is 0 Å². The van der Waals surface area contributed by atoms with Gasteiger partial charge in [-0.25, -0.2) is 4.79 Å². The van der Waals surface area contributed by atoms with Crippen molar-refractivity contribution >= 4 is 5.97 Å². The molecule has 0 amide bonds. The van der Waals surface area contributed by atoms with Gasteiger partial charge in [-0.15, -0.1) is 0 Å². The van der Waals surface area contributed by atoms with E-state index in [-0.39, 0.29) is 12.1 Å². The number of hydrogen-bond donors (Lipinski definition) is 0. The first-order valence-electron chi connectivity index (χ1n) is 8.59. The monoisotopic (exact) mass is 310 g/mol. The predicted octanol–water partition coefficient (Wildman–Crippen LogP) is 5.43. The Bertz CT molecular complexity index is 563. The average Bonchev–Trinajstić information content (AvgIpc) is 2.60. The van der Waals surface area contributed by atoms with Crippen molar-refractivity contribution in [2.45, 2.75) is 51.6 Å². The molecule has 0 saturated heterocycles. The zero-order valence-corrected chi connectivity index (χ0v) is 13.9. The molecule has 122 valence electrons. The first-order valence-corrected chi connectivity index (χ1v) is 8.59. The number of unbranched alkanes of at least 4 members (excludes halogenated alkanes) is 3. The largest absolute Gasteiger partial charge is 0.458 e. The van der Waals surface area contributed by atoms with E-state index in [1.807, 2.05) is 36.4 Å². The van der Waals surface area contributed by atoms with E-state index in [9.17, 15) is 4.79 Å². The molecule has 0 aliphatic heterocycles. The summed E-state index contributed by atoms with van der Waals surface area (Å²) in [7, 11) is 0. The predicted molar refractivity (Wildman–Crippen MR) is 94.6 cm³/mol. The maximum Gasteiger partial charge on any atom is 0.338 e. The number of rotatable bonds is 9. The van der Waals surface area contributed by atoms with Gasteiger partial charge in [0.1, 0.15) is 6.10 Å². The van der Waals surface area contributed by atoms with Gasteiger partial charge in [0.2, 0.25) is 0 Å². The fourth-order valence-corrected chi connectivity index (χ4v) is 2.67. The summed E-state index contributed by atoms with van der Waals surface area (Å²) in [6.07, 6.45) is 6.41. The molecule has 0 unspecified atom stereocenters. The van der Waals surface area contributed by atoms with Gasteiger partial charge in [0, 0.05) is 6.42 Å². The quantitative estimate of drug-likeness (QED) is 0.456. The van der Waals surface area contributed by atoms with E-state index in [0.717, 1.165) is 19.3 Å². The van der Waals surface area contributed by atoms with Gasteiger partial charge in [-0.2, -0.15) is 0 Å². The van der Waals surface area contributed by atoms with Gasteiger partial charge in [-0.1, -0.05) is 74.7 Å². The maximum absolute atomic E-state index is 12.3. The highest BCUT2D eigenvalue weighted by Crippen LogP contribution is 2.16. The number of carbonyl (C=O) groups excluding carboxylic acids is 1. The van der Waals surface area contributed by atoms with Crippen LogP contribution >= 0.6 is 0 Å². The summed E-state index contributed by atoms with van der Waals surface area (Å²) in [5.74, 6) is -0.220. The Morgan fingerprint density at radius 2 is 1.57 bits per heavy atom. The molecule has 0 radical (unpaired) electrons. The molecule has 23 heavy (non-hydrogen) atoms. The Labute approximate surface area is 139 Å². The summed E-state index contributed by atoms with van der Waals surface area (Å²) < 4.78 is 5.78. The minimum atomic E-state index is -0.220. The highest BCUT2D eigenvalue weighted by molar-refractivity contribution is 5.89. The molecule has 2 aromatic carbocycles. The minimum Gasteiger partial charge on any atom is -0.458 e. The lowest BCUT2D eigenvalue weighted by Gasteiger charge is -2.18. The van der Waals surface area contributed by atoms with E-state index in [1.54, 1.807) is 12.1 Å². The molecule has 2 nitrogen and oxygen atoms in total. The van der Waals surface area contributed by atoms with Crippen LogP contribution in [0.2, 0.25) is 0 Å². The lowest BCUT2D eigenvalue weighted by atomic mass is 10.0. The van der Waals surface area contributed by atoms with Gasteiger partial charge in [0.15, 0.2) is 0 Å². The van der Waals surface area contributed by atoms with Crippen molar-refractivity contribution in [2.75, 3.05) is 0 Å². The molecular formula is C21H26O2. The van der Waals surface area contributed by atoms with E-state index < -0.39 is 0 Å². The van der Waals surface area contributed by atoms with E-state index in [0.29, 0.717) is 5.56 Å². The van der Waals surface area contributed by atoms with Gasteiger partial charge in [0.25, 0.3) is 0 Å². The molecule has 0 aliphatic rings. The van der Waals surface area contributed by atoms with Crippen LogP contribution in [0.4, 0.5) is 0 Å². The molecule has 0 spiro atoms. The maximum atomic E-state index is 12.3. The van der Waals surface area contributed by atoms with Crippen molar-refractivity contribution < 1.29 is 9.53 Å². The normalized spacial score (nSPS) is 11.9. The summed E-state index contributed by atoms with van der Waals surface area (Å²) in [5, 5.41) is 0. The van der Waals surface area contributed by atoms with E-state index in [2.05, 4.69) is 19.1 Å². The second kappa shape index (κ2) is 9.83. The summed E-state index contributed by atoms with van der Waals surface area (Å²) in [6, 6.07) is 19.5. The third kappa shape index (κ3) is 6.27. The summed E-state index contributed by atoms with van der Waals surface area (Å²) in [5.41, 5.74) is 1.84. The van der Waals surface area contributed by atoms with Crippen molar-refractivity contribution in [1.82, 2.24) is 0 Å². The topological polar surface area (TPSA) is 26.3 Å². The van der Waals surface area contributed by atoms with E-state index >= 15 is 0 Å². The highest BCUT2D eigenvalue weighted by atomic mass is 16.5. The Morgan fingerprint density at radius 1 is 0.913 bits per heavy atom. The van der Waals surface area contributed by atoms with Crippen LogP contribution in [0.3, 0.4) is 0 Å². The van der Waals surface area contributed by atoms with Crippen LogP contribution in [-0.2, 0) is 11.2 Å². The molecule has 2 heteroatoms. The molecular weight excluding hydrogens is 284 g/mol. The molecule has 1 atom stereocenters. The van der Waals surface area contributed by atoms with Crippen LogP contribution in [-0.4, -0.2) is 12.1 Å². The van der Waals surface area contributed by atoms with E-state index in [4.69, 9.17) is 4.74 Å². The number of benzene rings is 2. The number of hydrogen-bond acceptors (Lipinski definition) is 2. The lowest BCUT2D eigenvalue weighted by Crippen LogP contribution is -2.21. The zero-order valence-electron chi connectivity index (χ0n) is 13.9. The van der Waals surface area contributed by atoms with Crippen molar-refractivity contribution in [3.05, 3.63) is 71.8 Å². The van der Waals surface area contributed by atoms with Gasteiger partial charge in [0.05, 0.1) is 5.56 Å². The lowest BCUT2D eigenvalue weighted by molar-refractivity contribution is 0.0277. The van der Waals surface area contributed by atoms with E-state index in [1.165, 1.54) is 24.8 Å². The third-order valence-corrected chi connectivity index (χ3v) is 3.97. The van der Waals surface area contributed by atoms with Gasteiger partial charge >= 0.3 is 5.97 Å². The second-order valence-electron chi connectivity index (χ2n) is 5.93. The average molecular weight is 310 g/mol. The standard InChI is InChI=1S/C21H26O2/c1-2-3-4-11-16-20(17-18-12-7-5-8-13-18)23-21(22)19-14-9-6-10-15-19/h5-10,12-15,20H,2-4,11,16-17H2,1H3/t20-/m0/s1. The summed E-state index contributed by atoms with van der Waals surface area (Å²) in [4.78, 5) is 12.3. The molecule has 0 bridgehead atoms. The van der Waals surface area contributed by atoms with Gasteiger partial charge in [-0.05, 0) is 30.5 Å². The first kappa shape index (κ1) is 17.3. The van der Waals surface area contributed by atoms with Crippen LogP contribution < -0.4 is 0 Å². The fraction of sp³-hybridized carbons (Fsp3) is 0.381. The zero-order chi connectivity index (χ0) is 16.3. The van der Waals surface area contributed by atoms with Crippen molar-refractivity contribution in [2.24, 2.45) is 0 Å². The molecule has 0 fully saturated rings. The number of carbonyl (C=O) groups is 1. The Morgan fingerprint density at radius 3 is 2.22 bits per heavy atom. The minimum absolute atomic E-state index is 0.0537. The fourth-order valence-electron chi connectivity index (χ4n) is 2.67. The molecule has 0 heterocycles. The molecule has 2 rings (SSSR count). The SMILES string of the molecule is CCCCCC[C@@H](Cc1ccccc1)OC(=O)c1ccccc1. The highest BCUT2D eigenvalue weighted by Gasteiger charge is 2.16. The van der Waals surface area contributed by atoms with Crippen LogP contribution in [0.1, 0.15) is 54.9 Å². The summed E-state index contributed by atoms with van der Waals surface area (Å²) in [6.45, 7) is 2.21. The third-order valence-electron chi connectivity index (χ3n) is 3.97. The molecule has 0 aliphatic carbocycles. The molecule has 0 aromatic heterocycles. The van der Waals surface area contributed by atoms with Crippen LogP contribution in [0.15, 0.2) is 60.7 Å². The molecule has 0 N–H and O–H groups in total. The Hall–Kier alpha value is -2.09. The van der Waals surface area contributed by atoms with Crippen molar-refractivity contribution in [3.63, 3.8) is 0 Å².